The number of aliphatic hydroxyl groups excluding tert-OH is 1. The lowest BCUT2D eigenvalue weighted by Gasteiger charge is -2.25. The number of aliphatic hydroxyl groups is 1. The Morgan fingerprint density at radius 3 is 0.989 bits per heavy atom. The van der Waals surface area contributed by atoms with Crippen LogP contribution in [0.2, 0.25) is 0 Å². The van der Waals surface area contributed by atoms with Crippen LogP contribution in [0.15, 0.2) is 170 Å². The van der Waals surface area contributed by atoms with E-state index in [0.717, 1.165) is 128 Å². The van der Waals surface area contributed by atoms with E-state index < -0.39 is 20.0 Å². The predicted octanol–water partition coefficient (Wildman–Crippen LogP) is 25.1. The first-order chi connectivity index (χ1) is 45.5. The number of unbranched alkanes of at least 4 members (excludes halogenated alkanes) is 29. The lowest BCUT2D eigenvalue weighted by Crippen LogP contribution is -2.45. The molecule has 3 N–H and O–H groups in total. The fraction of sp³-hybridized carbons (Fsp3) is 0.655. The summed E-state index contributed by atoms with van der Waals surface area (Å²) in [6.07, 6.45) is 114. The van der Waals surface area contributed by atoms with Gasteiger partial charge in [0.1, 0.15) is 13.2 Å². The van der Waals surface area contributed by atoms with Gasteiger partial charge in [-0.05, 0) is 122 Å². The van der Waals surface area contributed by atoms with Crippen molar-refractivity contribution < 1.29 is 32.9 Å². The van der Waals surface area contributed by atoms with Gasteiger partial charge in [0.2, 0.25) is 5.91 Å². The van der Waals surface area contributed by atoms with Gasteiger partial charge in [-0.25, -0.2) is 4.57 Å². The summed E-state index contributed by atoms with van der Waals surface area (Å²) in [4.78, 5) is 23.4. The van der Waals surface area contributed by atoms with Crippen LogP contribution >= 0.6 is 7.82 Å². The number of quaternary nitrogens is 1. The number of hydrogen-bond acceptors (Lipinski definition) is 5. The van der Waals surface area contributed by atoms with Crippen molar-refractivity contribution in [2.45, 2.75) is 315 Å². The summed E-state index contributed by atoms with van der Waals surface area (Å²) in [5, 5.41) is 14.0. The molecule has 0 aromatic rings. The van der Waals surface area contributed by atoms with E-state index >= 15 is 0 Å². The molecule has 0 saturated heterocycles. The Morgan fingerprint density at radius 2 is 0.656 bits per heavy atom. The molecular formula is C84H144N2O6P+. The normalized spacial score (nSPS) is 14.5. The fourth-order valence-electron chi connectivity index (χ4n) is 10.3. The molecule has 0 fully saturated rings. The standard InChI is InChI=1S/C84H143N2O6P/c1-6-8-10-12-14-16-18-20-22-24-26-28-30-32-34-36-38-39-40-41-42-43-44-45-46-47-48-50-52-54-56-58-60-62-64-66-68-70-72-74-76-78-84(88)85-82(81-92-93(89,90)91-80-79-86(3,4)5)83(87)77-75-73-71-69-67-65-63-61-59-57-55-53-51-49-37-35-33-31-29-27-25-23-21-19-17-15-13-11-9-7-2/h8,10,14,16,20,22,26,28,32,34,38-39,41-42,44-45,47-48,52,54,58,60,64,66-67,69,75,77,82-83,87H,6-7,9,11-13,15,17-19,21,23-25,27,29-31,33,35-37,40,43,46,49-51,53,55-57,59,61-63,65,68,70-74,76,78-81H2,1-5H3,(H-,85,88,89,90)/p+1/b10-8-,16-14-,22-20-,28-26-,34-32-,39-38-,42-41-,45-44-,48-47-,54-52-,60-58-,66-64-,69-67+,77-75+. The molecular weight excluding hydrogens is 1160 g/mol. The summed E-state index contributed by atoms with van der Waals surface area (Å²) in [6, 6.07) is -0.892. The highest BCUT2D eigenvalue weighted by Gasteiger charge is 2.28. The highest BCUT2D eigenvalue weighted by Crippen LogP contribution is 2.43. The van der Waals surface area contributed by atoms with Gasteiger partial charge in [-0.15, -0.1) is 0 Å². The van der Waals surface area contributed by atoms with Crippen molar-refractivity contribution >= 4 is 13.7 Å². The molecule has 1 amide bonds. The molecule has 0 aliphatic heterocycles. The van der Waals surface area contributed by atoms with Gasteiger partial charge in [-0.3, -0.25) is 13.8 Å². The van der Waals surface area contributed by atoms with E-state index in [4.69, 9.17) is 9.05 Å². The van der Waals surface area contributed by atoms with Gasteiger partial charge in [-0.1, -0.05) is 344 Å². The van der Waals surface area contributed by atoms with E-state index in [9.17, 15) is 19.4 Å². The third-order valence-electron chi connectivity index (χ3n) is 16.2. The van der Waals surface area contributed by atoms with Gasteiger partial charge in [-0.2, -0.15) is 0 Å². The number of phosphoric acid groups is 1. The summed E-state index contributed by atoms with van der Waals surface area (Å²) in [5.41, 5.74) is 0. The van der Waals surface area contributed by atoms with Crippen LogP contribution in [-0.2, 0) is 18.4 Å². The van der Waals surface area contributed by atoms with Crippen molar-refractivity contribution in [2.75, 3.05) is 40.9 Å². The highest BCUT2D eigenvalue weighted by molar-refractivity contribution is 7.47. The third-order valence-corrected chi connectivity index (χ3v) is 17.2. The van der Waals surface area contributed by atoms with Crippen LogP contribution in [0.25, 0.3) is 0 Å². The quantitative estimate of drug-likeness (QED) is 0.0243. The molecule has 0 aliphatic carbocycles. The maximum Gasteiger partial charge on any atom is 0.472 e. The van der Waals surface area contributed by atoms with E-state index in [-0.39, 0.29) is 19.1 Å². The largest absolute Gasteiger partial charge is 0.472 e. The maximum absolute atomic E-state index is 13.1. The number of carbonyl (C=O) groups excluding carboxylic acids is 1. The molecule has 530 valence electrons. The van der Waals surface area contributed by atoms with Crippen molar-refractivity contribution in [2.24, 2.45) is 0 Å². The van der Waals surface area contributed by atoms with Gasteiger partial charge < -0.3 is 19.8 Å². The van der Waals surface area contributed by atoms with Crippen molar-refractivity contribution in [1.82, 2.24) is 5.32 Å². The summed E-state index contributed by atoms with van der Waals surface area (Å²) in [7, 11) is 1.52. The van der Waals surface area contributed by atoms with Crippen LogP contribution in [-0.4, -0.2) is 73.4 Å². The first kappa shape index (κ1) is 88.9. The second-order valence-corrected chi connectivity index (χ2v) is 27.7. The topological polar surface area (TPSA) is 105 Å². The van der Waals surface area contributed by atoms with Crippen LogP contribution < -0.4 is 5.32 Å². The van der Waals surface area contributed by atoms with E-state index in [0.29, 0.717) is 17.4 Å². The minimum Gasteiger partial charge on any atom is -0.387 e. The average Bonchev–Trinajstić information content (AvgIpc) is 2.75. The average molecular weight is 1310 g/mol. The van der Waals surface area contributed by atoms with Crippen LogP contribution in [0.3, 0.4) is 0 Å². The zero-order valence-corrected chi connectivity index (χ0v) is 61.6. The molecule has 0 radical (unpaired) electrons. The van der Waals surface area contributed by atoms with E-state index in [1.807, 2.05) is 27.2 Å². The van der Waals surface area contributed by atoms with E-state index in [1.165, 1.54) is 154 Å². The number of allylic oxidation sites excluding steroid dienone is 27. The smallest absolute Gasteiger partial charge is 0.387 e. The Labute approximate surface area is 574 Å². The van der Waals surface area contributed by atoms with Crippen molar-refractivity contribution in [3.8, 4) is 0 Å². The van der Waals surface area contributed by atoms with Crippen molar-refractivity contribution in [3.63, 3.8) is 0 Å². The molecule has 0 bridgehead atoms. The van der Waals surface area contributed by atoms with Gasteiger partial charge in [0.15, 0.2) is 0 Å². The number of amides is 1. The van der Waals surface area contributed by atoms with Crippen LogP contribution in [0.5, 0.6) is 0 Å². The van der Waals surface area contributed by atoms with E-state index in [1.54, 1.807) is 6.08 Å². The second kappa shape index (κ2) is 72.1. The zero-order valence-electron chi connectivity index (χ0n) is 60.7. The summed E-state index contributed by atoms with van der Waals surface area (Å²) in [5.74, 6) is -0.215. The molecule has 93 heavy (non-hydrogen) atoms. The number of carbonyl (C=O) groups is 1. The second-order valence-electron chi connectivity index (χ2n) is 26.3. The number of hydrogen-bond donors (Lipinski definition) is 3. The molecule has 9 heteroatoms. The van der Waals surface area contributed by atoms with Crippen LogP contribution in [0, 0.1) is 0 Å². The molecule has 0 aromatic carbocycles. The molecule has 0 rings (SSSR count). The minimum absolute atomic E-state index is 0.0422. The molecule has 3 unspecified atom stereocenters. The van der Waals surface area contributed by atoms with Crippen LogP contribution in [0.1, 0.15) is 303 Å². The van der Waals surface area contributed by atoms with Gasteiger partial charge in [0.25, 0.3) is 0 Å². The van der Waals surface area contributed by atoms with Gasteiger partial charge >= 0.3 is 7.82 Å². The van der Waals surface area contributed by atoms with Crippen molar-refractivity contribution in [3.05, 3.63) is 170 Å². The zero-order chi connectivity index (χ0) is 67.6. The number of phosphoric ester groups is 1. The lowest BCUT2D eigenvalue weighted by atomic mass is 10.0. The van der Waals surface area contributed by atoms with Crippen molar-refractivity contribution in [1.29, 1.82) is 0 Å². The monoisotopic (exact) mass is 1310 g/mol. The summed E-state index contributed by atoms with van der Waals surface area (Å²) >= 11 is 0. The molecule has 0 saturated carbocycles. The molecule has 3 atom stereocenters. The number of nitrogens with zero attached hydrogens (tertiary/aromatic N) is 1. The highest BCUT2D eigenvalue weighted by atomic mass is 31.2. The SMILES string of the molecule is CC/C=C\C/C=C\C/C=C\C/C=C\C/C=C\C/C=C\C/C=C\C/C=C\C/C=C\C/C=C\C/C=C\C/C=C\CCCCCCC(=O)NC(COP(=O)(O)OCC[N+](C)(C)C)C(O)/C=C/CC/C=C/CCCCCCCCCCCCCCCCCCCCCCCCCC. The summed E-state index contributed by atoms with van der Waals surface area (Å²) in [6.45, 7) is 4.67. The Kier molecular flexibility index (Phi) is 68.9. The van der Waals surface area contributed by atoms with Crippen LogP contribution in [0.4, 0.5) is 0 Å². The van der Waals surface area contributed by atoms with E-state index in [2.05, 4.69) is 177 Å². The maximum atomic E-state index is 13.1. The molecule has 0 spiro atoms. The predicted molar refractivity (Wildman–Crippen MR) is 410 cm³/mol. The Hall–Kier alpha value is -4.14. The molecule has 0 aromatic heterocycles. The third kappa shape index (κ3) is 75.1. The minimum atomic E-state index is -4.38. The van der Waals surface area contributed by atoms with Gasteiger partial charge in [0.05, 0.1) is 39.9 Å². The van der Waals surface area contributed by atoms with Gasteiger partial charge in [0, 0.05) is 6.42 Å². The number of nitrogens with one attached hydrogen (secondary N) is 1. The molecule has 8 nitrogen and oxygen atoms in total. The Bertz CT molecular complexity index is 2130. The molecule has 0 heterocycles. The number of likely N-dealkylation sites (N-methyl/N-ethyl adjacent to an activating group) is 1. The Morgan fingerprint density at radius 1 is 0.376 bits per heavy atom. The fourth-order valence-corrected chi connectivity index (χ4v) is 11.1. The number of rotatable bonds is 68. The Balaban J connectivity index is 4.20. The first-order valence-corrected chi connectivity index (χ1v) is 39.5. The molecule has 0 aliphatic rings. The lowest BCUT2D eigenvalue weighted by molar-refractivity contribution is -0.870. The summed E-state index contributed by atoms with van der Waals surface area (Å²) < 4.78 is 23.8. The first-order valence-electron chi connectivity index (χ1n) is 38.0.